The minimum absolute atomic E-state index is 0. The summed E-state index contributed by atoms with van der Waals surface area (Å²) >= 11 is 30.8. The van der Waals surface area contributed by atoms with Crippen molar-refractivity contribution < 1.29 is 19.8 Å². The van der Waals surface area contributed by atoms with Crippen molar-refractivity contribution in [2.45, 2.75) is 7.59 Å². The van der Waals surface area contributed by atoms with Crippen LogP contribution in [0.1, 0.15) is 0 Å². The topological polar surface area (TPSA) is 80.3 Å². The molecule has 0 aromatic carbocycles. The molecule has 0 rings (SSSR count). The summed E-state index contributed by atoms with van der Waals surface area (Å²) in [6, 6.07) is 0. The Morgan fingerprint density at radius 2 is 0.947 bits per heavy atom. The van der Waals surface area contributed by atoms with Crippen LogP contribution in [0.5, 0.6) is 0 Å². The van der Waals surface area contributed by atoms with Crippen LogP contribution < -0.4 is 10.2 Å². The Kier molecular flexibility index (Phi) is 15.2. The quantitative estimate of drug-likeness (QED) is 0.392. The van der Waals surface area contributed by atoms with Gasteiger partial charge in [-0.2, -0.15) is 0 Å². The number of carbonyl (C=O) groups is 2. The molecule has 11 heteroatoms. The summed E-state index contributed by atoms with van der Waals surface area (Å²) < 4.78 is -3.31. The largest absolute Gasteiger partial charge is 2.00 e. The summed E-state index contributed by atoms with van der Waals surface area (Å²) in [7, 11) is 0. The predicted octanol–water partition coefficient (Wildman–Crippen LogP) is 0.945. The zero-order valence-electron chi connectivity index (χ0n) is 8.92. The maximum Gasteiger partial charge on any atom is 2.00 e. The summed E-state index contributed by atoms with van der Waals surface area (Å²) in [5.41, 5.74) is 0. The van der Waals surface area contributed by atoms with Crippen LogP contribution in [-0.4, -0.2) is 42.6 Å². The number of hydrogen-bond donors (Lipinski definition) is 0. The van der Waals surface area contributed by atoms with E-state index in [1.807, 2.05) is 0 Å². The Morgan fingerprint density at radius 1 is 0.737 bits per heavy atom. The van der Waals surface area contributed by atoms with Gasteiger partial charge in [0.25, 0.3) is 0 Å². The van der Waals surface area contributed by atoms with Gasteiger partial charge in [0.15, 0.2) is 0 Å². The van der Waals surface area contributed by atoms with Crippen molar-refractivity contribution in [2.75, 3.05) is 0 Å². The molecule has 0 heterocycles. The number of hydrogen-bond acceptors (Lipinski definition) is 4. The number of carbonyl (C=O) groups excluding carboxylic acids is 2. The van der Waals surface area contributed by atoms with E-state index in [-0.39, 0.29) is 23.1 Å². The molecule has 0 aromatic heterocycles. The molecule has 104 valence electrons. The van der Waals surface area contributed by atoms with Crippen molar-refractivity contribution in [1.82, 2.24) is 0 Å². The van der Waals surface area contributed by atoms with Gasteiger partial charge >= 0.3 is 23.1 Å². The summed E-state index contributed by atoms with van der Waals surface area (Å²) in [5, 5.41) is 19.3. The van der Waals surface area contributed by atoms with E-state index < -0.39 is 19.5 Å². The van der Waals surface area contributed by atoms with Gasteiger partial charge in [-0.15, -0.1) is 0 Å². The van der Waals surface area contributed by atoms with Crippen molar-refractivity contribution in [3.05, 3.63) is 24.3 Å². The Balaban J connectivity index is -0.000000256. The molecule has 19 heavy (non-hydrogen) atoms. The molecule has 0 amide bonds. The second kappa shape index (κ2) is 11.6. The van der Waals surface area contributed by atoms with Crippen molar-refractivity contribution in [1.29, 1.82) is 0 Å². The van der Waals surface area contributed by atoms with Gasteiger partial charge in [-0.1, -0.05) is 69.6 Å². The first kappa shape index (κ1) is 24.9. The third-order valence-corrected chi connectivity index (χ3v) is 1.57. The molecule has 0 aliphatic rings. The summed E-state index contributed by atoms with van der Waals surface area (Å²) in [4.78, 5) is 19.3. The maximum atomic E-state index is 9.67. The van der Waals surface area contributed by atoms with E-state index in [1.165, 1.54) is 0 Å². The van der Waals surface area contributed by atoms with Gasteiger partial charge in [0.05, 0.1) is 11.9 Å². The molecule has 0 saturated heterocycles. The number of carboxylic acid groups (broad SMARTS) is 2. The number of allylic oxidation sites excluding steroid dienone is 2. The summed E-state index contributed by atoms with van der Waals surface area (Å²) in [6.07, 6.45) is 3.11. The van der Waals surface area contributed by atoms with Crippen LogP contribution in [0.3, 0.4) is 0 Å². The average molecular weight is 401 g/mol. The average Bonchev–Trinajstić information content (AvgIpc) is 2.10. The van der Waals surface area contributed by atoms with Crippen LogP contribution in [0.15, 0.2) is 24.3 Å². The maximum absolute atomic E-state index is 9.67. The fourth-order valence-electron chi connectivity index (χ4n) is 0.325. The Labute approximate surface area is 155 Å². The first-order valence-corrected chi connectivity index (χ1v) is 6.04. The second-order valence-corrected chi connectivity index (χ2v) is 7.13. The summed E-state index contributed by atoms with van der Waals surface area (Å²) in [5.74, 6) is -2.78. The monoisotopic (exact) mass is 398 g/mol. The molecule has 4 nitrogen and oxygen atoms in total. The SMILES string of the molecule is O=C([O-])C=CC(Cl)(Cl)Cl.O=C([O-])C=CC(Cl)(Cl)Cl.[Mg+2]. The first-order chi connectivity index (χ1) is 7.83. The van der Waals surface area contributed by atoms with E-state index in [9.17, 15) is 19.8 Å². The van der Waals surface area contributed by atoms with Gasteiger partial charge in [-0.3, -0.25) is 0 Å². The van der Waals surface area contributed by atoms with Gasteiger partial charge in [-0.05, 0) is 24.3 Å². The second-order valence-electron chi connectivity index (χ2n) is 2.39. The minimum Gasteiger partial charge on any atom is -0.545 e. The van der Waals surface area contributed by atoms with Crippen LogP contribution in [0.2, 0.25) is 0 Å². The molecule has 0 radical (unpaired) electrons. The van der Waals surface area contributed by atoms with Crippen LogP contribution >= 0.6 is 69.6 Å². The smallest absolute Gasteiger partial charge is 0.545 e. The van der Waals surface area contributed by atoms with Crippen molar-refractivity contribution in [3.63, 3.8) is 0 Å². The van der Waals surface area contributed by atoms with Gasteiger partial charge < -0.3 is 19.8 Å². The molecule has 0 aromatic rings. The van der Waals surface area contributed by atoms with E-state index in [0.29, 0.717) is 12.2 Å². The van der Waals surface area contributed by atoms with Gasteiger partial charge in [-0.25, -0.2) is 0 Å². The van der Waals surface area contributed by atoms with Crippen molar-refractivity contribution in [2.24, 2.45) is 0 Å². The molecule has 0 saturated carbocycles. The van der Waals surface area contributed by atoms with E-state index in [2.05, 4.69) is 0 Å². The van der Waals surface area contributed by atoms with Gasteiger partial charge in [0, 0.05) is 0 Å². The minimum atomic E-state index is -1.65. The Bertz CT molecular complexity index is 310. The molecule has 0 fully saturated rings. The normalized spacial score (nSPS) is 11.7. The molecule has 0 unspecified atom stereocenters. The third-order valence-electron chi connectivity index (χ3n) is 0.817. The van der Waals surface area contributed by atoms with E-state index in [4.69, 9.17) is 69.6 Å². The van der Waals surface area contributed by atoms with Gasteiger partial charge in [0.2, 0.25) is 7.59 Å². The molecule has 0 bridgehead atoms. The van der Waals surface area contributed by atoms with Gasteiger partial charge in [0.1, 0.15) is 0 Å². The van der Waals surface area contributed by atoms with Crippen molar-refractivity contribution in [3.8, 4) is 0 Å². The summed E-state index contributed by atoms with van der Waals surface area (Å²) in [6.45, 7) is 0. The molecular weight excluding hydrogens is 397 g/mol. The molecule has 0 aliphatic heterocycles. The number of aliphatic carboxylic acids is 2. The number of halogens is 6. The van der Waals surface area contributed by atoms with Crippen LogP contribution in [-0.2, 0) is 9.59 Å². The van der Waals surface area contributed by atoms with Crippen LogP contribution in [0.4, 0.5) is 0 Å². The Morgan fingerprint density at radius 3 is 1.00 bits per heavy atom. The molecule has 0 atom stereocenters. The zero-order valence-corrected chi connectivity index (χ0v) is 14.9. The molecule has 0 N–H and O–H groups in total. The van der Waals surface area contributed by atoms with Crippen LogP contribution in [0, 0.1) is 0 Å². The molecular formula is C8H4Cl6MgO4. The zero-order chi connectivity index (χ0) is 15.0. The third kappa shape index (κ3) is 32.5. The standard InChI is InChI=1S/2C4H3Cl3O2.Mg/c2*5-4(6,7)2-1-3(8)9;/h2*1-2H,(H,8,9);/q;;+2/p-2. The number of carboxylic acids is 2. The number of alkyl halides is 6. The first-order valence-electron chi connectivity index (χ1n) is 3.77. The van der Waals surface area contributed by atoms with E-state index >= 15 is 0 Å². The van der Waals surface area contributed by atoms with Crippen LogP contribution in [0.25, 0.3) is 0 Å². The molecule has 0 spiro atoms. The number of rotatable bonds is 2. The fourth-order valence-corrected chi connectivity index (χ4v) is 0.703. The molecule has 0 aliphatic carbocycles. The van der Waals surface area contributed by atoms with E-state index in [0.717, 1.165) is 12.2 Å². The predicted molar refractivity (Wildman–Crippen MR) is 74.6 cm³/mol. The Hall–Kier alpha value is 0.926. The van der Waals surface area contributed by atoms with Crippen molar-refractivity contribution >= 4 is 105 Å². The van der Waals surface area contributed by atoms with E-state index in [1.54, 1.807) is 0 Å². The fraction of sp³-hybridized carbons (Fsp3) is 0.250.